The molecule has 0 spiro atoms. The molecule has 506 valence electrons. The first kappa shape index (κ1) is 69.4. The second-order valence-corrected chi connectivity index (χ2v) is 22.8. The minimum absolute atomic E-state index is 0.240. The van der Waals surface area contributed by atoms with Crippen LogP contribution in [-0.2, 0) is 6.42 Å². The van der Waals surface area contributed by atoms with Crippen LogP contribution in [0.5, 0.6) is 0 Å². The Morgan fingerprint density at radius 3 is 1.05 bits per heavy atom. The third-order valence-corrected chi connectivity index (χ3v) is 14.6. The molecule has 0 radical (unpaired) electrons. The molecule has 8 aromatic carbocycles. The number of aromatic nitrogens is 10. The highest BCUT2D eigenvalue weighted by molar-refractivity contribution is 6.03. The summed E-state index contributed by atoms with van der Waals surface area (Å²) in [4.78, 5) is 92.0. The number of nitrogens with zero attached hydrogens (tertiary/aromatic N) is 10. The monoisotopic (exact) mass is 1340 g/mol. The van der Waals surface area contributed by atoms with Gasteiger partial charge in [0, 0.05) is 123 Å². The van der Waals surface area contributed by atoms with Gasteiger partial charge in [-0.1, -0.05) is 121 Å². The number of aromatic amines is 1. The van der Waals surface area contributed by atoms with Crippen LogP contribution in [0, 0.1) is 27.7 Å². The number of fused-ring (bicyclic) bond motifs is 4. The minimum Gasteiger partial charge on any atom is -0.373 e. The molecule has 13 rings (SSSR count). The van der Waals surface area contributed by atoms with Crippen LogP contribution in [0.4, 0.5) is 89.0 Å². The third kappa shape index (κ3) is 20.8. The highest BCUT2D eigenvalue weighted by Gasteiger charge is 2.13. The summed E-state index contributed by atoms with van der Waals surface area (Å²) in [5, 5.41) is 39.9. The lowest BCUT2D eigenvalue weighted by Gasteiger charge is -2.13. The summed E-state index contributed by atoms with van der Waals surface area (Å²) < 4.78 is 0. The molecule has 12 N–H and O–H groups in total. The van der Waals surface area contributed by atoms with Gasteiger partial charge < -0.3 is 47.1 Å². The van der Waals surface area contributed by atoms with E-state index >= 15 is 0 Å². The number of aryl methyl sites for hydroxylation is 4. The Morgan fingerprint density at radius 1 is 0.380 bits per heavy atom. The SMILES string of the molecule is CCNc1cc(C)nc(NC(=O)Nc2ccc3ccccc3c2)n1.CNc1cc(C)nc(NC(=O)Nc2ccc3ccccc3c2)n1.Cc1cc(N(C)C)nc(NC(=O)Nc2ccc3ccccc3c2)n1.Cc1cc(NCCc2ncc[nH]2)nc(NC(=O)Nc2ccc3ccccc3c2)n1. The van der Waals surface area contributed by atoms with Crippen LogP contribution in [0.15, 0.2) is 207 Å². The minimum atomic E-state index is -0.396. The molecule has 13 aromatic rings. The largest absolute Gasteiger partial charge is 0.373 e. The molecule has 5 aromatic heterocycles. The van der Waals surface area contributed by atoms with E-state index in [2.05, 4.69) is 108 Å². The molecular weight excluding hydrogens is 1260 g/mol. The number of H-pyrrole nitrogens is 1. The highest BCUT2D eigenvalue weighted by atomic mass is 16.2. The van der Waals surface area contributed by atoms with E-state index in [0.717, 1.165) is 90.5 Å². The predicted molar refractivity (Wildman–Crippen MR) is 402 cm³/mol. The second-order valence-electron chi connectivity index (χ2n) is 22.8. The topological polar surface area (TPSA) is 336 Å². The van der Waals surface area contributed by atoms with Crippen LogP contribution in [0.3, 0.4) is 0 Å². The molecular formula is C74H76N22O4. The molecule has 100 heavy (non-hydrogen) atoms. The number of carbonyl (C=O) groups excluding carboxylic acids is 4. The Labute approximate surface area is 577 Å². The van der Waals surface area contributed by atoms with Crippen LogP contribution in [0.1, 0.15) is 35.5 Å². The molecule has 0 unspecified atom stereocenters. The van der Waals surface area contributed by atoms with Crippen molar-refractivity contribution < 1.29 is 19.2 Å². The van der Waals surface area contributed by atoms with Crippen molar-refractivity contribution >= 4 is 137 Å². The van der Waals surface area contributed by atoms with Crippen LogP contribution in [0.25, 0.3) is 43.1 Å². The number of urea groups is 4. The van der Waals surface area contributed by atoms with E-state index in [1.807, 2.05) is 242 Å². The lowest BCUT2D eigenvalue weighted by molar-refractivity contribution is 0.261. The van der Waals surface area contributed by atoms with E-state index < -0.39 is 6.03 Å². The molecule has 0 saturated carbocycles. The molecule has 0 aliphatic rings. The quantitative estimate of drug-likeness (QED) is 0.0428. The van der Waals surface area contributed by atoms with Crippen molar-refractivity contribution in [3.8, 4) is 0 Å². The van der Waals surface area contributed by atoms with Gasteiger partial charge in [0.25, 0.3) is 0 Å². The lowest BCUT2D eigenvalue weighted by atomic mass is 10.1. The zero-order chi connectivity index (χ0) is 70.3. The summed E-state index contributed by atoms with van der Waals surface area (Å²) in [7, 11) is 5.54. The molecule has 5 heterocycles. The number of imidazole rings is 1. The van der Waals surface area contributed by atoms with Gasteiger partial charge in [0.15, 0.2) is 0 Å². The first-order valence-electron chi connectivity index (χ1n) is 32.0. The van der Waals surface area contributed by atoms with Gasteiger partial charge in [0.2, 0.25) is 23.8 Å². The van der Waals surface area contributed by atoms with Crippen molar-refractivity contribution in [3.05, 3.63) is 235 Å². The summed E-state index contributed by atoms with van der Waals surface area (Å²) in [6, 6.07) is 60.7. The van der Waals surface area contributed by atoms with Crippen LogP contribution in [-0.4, -0.2) is 108 Å². The van der Waals surface area contributed by atoms with Gasteiger partial charge >= 0.3 is 24.1 Å². The summed E-state index contributed by atoms with van der Waals surface area (Å²) in [5.74, 6) is 4.66. The first-order chi connectivity index (χ1) is 48.4. The molecule has 0 bridgehead atoms. The summed E-state index contributed by atoms with van der Waals surface area (Å²) in [6.07, 6.45) is 4.25. The standard InChI is InChI=1S/C21H21N7O.2C18H19N5O.C17H17N5O/c1-14-12-19(22-9-8-18-23-10-11-24-18)27-20(25-14)28-21(29)26-17-7-6-15-4-2-3-5-16(15)13-17;1-12-10-16(23(2)3)21-17(19-12)22-18(24)20-15-9-8-13-6-4-5-7-14(13)11-15;1-3-19-16-10-12(2)20-17(22-16)23-18(24)21-15-9-8-13-6-4-5-7-14(13)11-15;1-11-9-15(18-2)21-16(19-11)22-17(23)20-14-8-7-12-5-3-4-6-13(12)10-14/h2-7,10-13H,8-9H2,1H3,(H,23,24)(H3,22,25,26,27,28,29);4-11H,1-3H3,(H2,19,20,21,22,24);4-11H,3H2,1-2H3,(H3,19,20,21,22,23,24);3-10H,1-2H3,(H3,18,19,20,21,22,23). The van der Waals surface area contributed by atoms with Crippen molar-refractivity contribution in [2.75, 3.05) is 97.6 Å². The maximum Gasteiger partial charge on any atom is 0.326 e. The Bertz CT molecular complexity index is 5000. The van der Waals surface area contributed by atoms with Crippen molar-refractivity contribution in [2.45, 2.75) is 41.0 Å². The fourth-order valence-electron chi connectivity index (χ4n) is 10.1. The fraction of sp³-hybridized carbons (Fsp3) is 0.149. The van der Waals surface area contributed by atoms with Crippen LogP contribution < -0.4 is 63.4 Å². The Kier molecular flexibility index (Phi) is 23.5. The lowest BCUT2D eigenvalue weighted by Crippen LogP contribution is -2.22. The van der Waals surface area contributed by atoms with Crippen molar-refractivity contribution in [3.63, 3.8) is 0 Å². The summed E-state index contributed by atoms with van der Waals surface area (Å²) in [5.41, 5.74) is 5.93. The molecule has 26 nitrogen and oxygen atoms in total. The van der Waals surface area contributed by atoms with Gasteiger partial charge in [0.1, 0.15) is 29.1 Å². The number of anilines is 12. The number of rotatable bonds is 16. The molecule has 0 aliphatic carbocycles. The highest BCUT2D eigenvalue weighted by Crippen LogP contribution is 2.24. The number of carbonyl (C=O) groups is 4. The number of hydrogen-bond donors (Lipinski definition) is 12. The maximum atomic E-state index is 12.4. The summed E-state index contributed by atoms with van der Waals surface area (Å²) >= 11 is 0. The van der Waals surface area contributed by atoms with E-state index in [9.17, 15) is 19.2 Å². The van der Waals surface area contributed by atoms with Gasteiger partial charge in [-0.2, -0.15) is 19.9 Å². The molecule has 0 aliphatic heterocycles. The zero-order valence-electron chi connectivity index (χ0n) is 56.4. The van der Waals surface area contributed by atoms with Crippen molar-refractivity contribution in [2.24, 2.45) is 0 Å². The van der Waals surface area contributed by atoms with Crippen molar-refractivity contribution in [1.82, 2.24) is 49.8 Å². The van der Waals surface area contributed by atoms with Gasteiger partial charge in [-0.05, 0) is 126 Å². The maximum absolute atomic E-state index is 12.4. The van der Waals surface area contributed by atoms with Gasteiger partial charge in [0.05, 0.1) is 0 Å². The third-order valence-electron chi connectivity index (χ3n) is 14.6. The van der Waals surface area contributed by atoms with Crippen LogP contribution in [0.2, 0.25) is 0 Å². The average Bonchev–Trinajstić information content (AvgIpc) is 0.918. The molecule has 0 saturated heterocycles. The Morgan fingerprint density at radius 2 is 0.710 bits per heavy atom. The van der Waals surface area contributed by atoms with Crippen molar-refractivity contribution in [1.29, 1.82) is 0 Å². The zero-order valence-corrected chi connectivity index (χ0v) is 56.4. The normalized spacial score (nSPS) is 10.5. The number of benzene rings is 8. The number of nitrogens with one attached hydrogen (secondary N) is 12. The van der Waals surface area contributed by atoms with E-state index in [1.54, 1.807) is 25.5 Å². The van der Waals surface area contributed by atoms with Gasteiger partial charge in [-0.15, -0.1) is 0 Å². The van der Waals surface area contributed by atoms with E-state index in [-0.39, 0.29) is 41.9 Å². The molecule has 8 amide bonds. The molecule has 26 heteroatoms. The fourth-order valence-corrected chi connectivity index (χ4v) is 10.1. The second kappa shape index (κ2) is 33.8. The van der Waals surface area contributed by atoms with E-state index in [0.29, 0.717) is 46.7 Å². The smallest absolute Gasteiger partial charge is 0.326 e. The summed E-state index contributed by atoms with van der Waals surface area (Å²) in [6.45, 7) is 10.8. The van der Waals surface area contributed by atoms with Crippen LogP contribution >= 0.6 is 0 Å². The Balaban J connectivity index is 0.000000145. The molecule has 0 fully saturated rings. The predicted octanol–water partition coefficient (Wildman–Crippen LogP) is 15.2. The number of hydrogen-bond acceptors (Lipinski definition) is 17. The van der Waals surface area contributed by atoms with E-state index in [4.69, 9.17) is 0 Å². The Hall–Kier alpha value is -13.4. The van der Waals surface area contributed by atoms with Gasteiger partial charge in [-0.25, -0.2) is 44.1 Å². The van der Waals surface area contributed by atoms with Gasteiger partial charge in [-0.3, -0.25) is 21.3 Å². The molecule has 0 atom stereocenters. The first-order valence-corrected chi connectivity index (χ1v) is 32.0. The average molecular weight is 1340 g/mol. The number of amides is 8. The van der Waals surface area contributed by atoms with E-state index in [1.165, 1.54) is 0 Å².